The number of nitrogens with one attached hydrogen (secondary N) is 1. The zero-order valence-corrected chi connectivity index (χ0v) is 15.7. The van der Waals surface area contributed by atoms with Gasteiger partial charge in [-0.05, 0) is 6.92 Å². The van der Waals surface area contributed by atoms with Gasteiger partial charge in [0.1, 0.15) is 11.9 Å². The van der Waals surface area contributed by atoms with E-state index in [1.807, 2.05) is 20.8 Å². The molecule has 0 spiro atoms. The van der Waals surface area contributed by atoms with E-state index in [0.717, 1.165) is 5.82 Å². The van der Waals surface area contributed by atoms with Crippen LogP contribution in [0, 0.1) is 6.92 Å². The van der Waals surface area contributed by atoms with Gasteiger partial charge in [0.2, 0.25) is 5.91 Å². The fourth-order valence-electron chi connectivity index (χ4n) is 3.29. The molecule has 0 aromatic carbocycles. The molecule has 2 fully saturated rings. The molecule has 0 radical (unpaired) electrons. The minimum atomic E-state index is -0.501. The second kappa shape index (κ2) is 8.09. The van der Waals surface area contributed by atoms with Crippen molar-refractivity contribution in [3.8, 4) is 0 Å². The number of carbonyl (C=O) groups excluding carboxylic acids is 2. The Morgan fingerprint density at radius 2 is 2.00 bits per heavy atom. The number of aryl methyl sites for hydroxylation is 1. The fourth-order valence-corrected chi connectivity index (χ4v) is 3.29. The lowest BCUT2D eigenvalue weighted by atomic mass is 10.1. The number of morpholine rings is 1. The molecule has 2 aliphatic heterocycles. The lowest BCUT2D eigenvalue weighted by molar-refractivity contribution is -0.140. The molecule has 2 aliphatic rings. The van der Waals surface area contributed by atoms with Crippen molar-refractivity contribution < 1.29 is 14.3 Å². The summed E-state index contributed by atoms with van der Waals surface area (Å²) in [4.78, 5) is 38.3. The number of nitrogens with zero attached hydrogens (tertiary/aromatic N) is 4. The van der Waals surface area contributed by atoms with Gasteiger partial charge in [-0.15, -0.1) is 0 Å². The van der Waals surface area contributed by atoms with Crippen molar-refractivity contribution >= 4 is 11.8 Å². The average Bonchev–Trinajstić information content (AvgIpc) is 2.67. The first-order valence-electron chi connectivity index (χ1n) is 9.20. The van der Waals surface area contributed by atoms with Gasteiger partial charge in [0.25, 0.3) is 5.91 Å². The predicted octanol–water partition coefficient (Wildman–Crippen LogP) is 0.181. The molecule has 1 atom stereocenters. The highest BCUT2D eigenvalue weighted by Gasteiger charge is 2.36. The van der Waals surface area contributed by atoms with E-state index in [9.17, 15) is 9.59 Å². The molecule has 1 aromatic heterocycles. The first kappa shape index (κ1) is 18.7. The molecule has 142 valence electrons. The van der Waals surface area contributed by atoms with E-state index in [1.54, 1.807) is 16.0 Å². The van der Waals surface area contributed by atoms with Gasteiger partial charge in [-0.3, -0.25) is 9.59 Å². The van der Waals surface area contributed by atoms with Gasteiger partial charge in [0.05, 0.1) is 24.5 Å². The predicted molar refractivity (Wildman–Crippen MR) is 96.0 cm³/mol. The van der Waals surface area contributed by atoms with Crippen LogP contribution in [0.2, 0.25) is 0 Å². The molecular weight excluding hydrogens is 334 g/mol. The summed E-state index contributed by atoms with van der Waals surface area (Å²) in [6, 6.07) is -0.501. The SMILES string of the molecule is Cc1nc(C(C)C)ncc1C(=O)N1CCNC[C@@H]1C(=O)N1CCOCC1. The normalized spacial score (nSPS) is 21.2. The quantitative estimate of drug-likeness (QED) is 0.826. The third-order valence-electron chi connectivity index (χ3n) is 4.86. The average molecular weight is 361 g/mol. The monoisotopic (exact) mass is 361 g/mol. The third-order valence-corrected chi connectivity index (χ3v) is 4.86. The summed E-state index contributed by atoms with van der Waals surface area (Å²) in [6.07, 6.45) is 1.60. The molecule has 1 N–H and O–H groups in total. The number of hydrogen-bond acceptors (Lipinski definition) is 6. The van der Waals surface area contributed by atoms with Crippen molar-refractivity contribution in [2.75, 3.05) is 45.9 Å². The van der Waals surface area contributed by atoms with Crippen LogP contribution in [0.1, 0.15) is 41.6 Å². The number of aromatic nitrogens is 2. The van der Waals surface area contributed by atoms with Gasteiger partial charge in [0, 0.05) is 44.8 Å². The van der Waals surface area contributed by atoms with Crippen molar-refractivity contribution in [2.45, 2.75) is 32.7 Å². The molecule has 0 bridgehead atoms. The summed E-state index contributed by atoms with van der Waals surface area (Å²) in [5.74, 6) is 0.727. The molecule has 0 aliphatic carbocycles. The molecule has 0 unspecified atom stereocenters. The van der Waals surface area contributed by atoms with Crippen molar-refractivity contribution in [1.29, 1.82) is 0 Å². The topological polar surface area (TPSA) is 87.7 Å². The fraction of sp³-hybridized carbons (Fsp3) is 0.667. The first-order valence-corrected chi connectivity index (χ1v) is 9.20. The Hall–Kier alpha value is -2.06. The highest BCUT2D eigenvalue weighted by molar-refractivity contribution is 5.98. The summed E-state index contributed by atoms with van der Waals surface area (Å²) < 4.78 is 5.32. The van der Waals surface area contributed by atoms with Crippen LogP contribution in [-0.4, -0.2) is 83.6 Å². The van der Waals surface area contributed by atoms with Gasteiger partial charge in [-0.25, -0.2) is 9.97 Å². The lowest BCUT2D eigenvalue weighted by Gasteiger charge is -2.39. The smallest absolute Gasteiger partial charge is 0.258 e. The van der Waals surface area contributed by atoms with Crippen molar-refractivity contribution in [2.24, 2.45) is 0 Å². The summed E-state index contributed by atoms with van der Waals surface area (Å²) in [6.45, 7) is 9.71. The minimum Gasteiger partial charge on any atom is -0.378 e. The van der Waals surface area contributed by atoms with Crippen LogP contribution in [-0.2, 0) is 9.53 Å². The zero-order chi connectivity index (χ0) is 18.7. The lowest BCUT2D eigenvalue weighted by Crippen LogP contribution is -2.61. The summed E-state index contributed by atoms with van der Waals surface area (Å²) >= 11 is 0. The minimum absolute atomic E-state index is 0.0220. The van der Waals surface area contributed by atoms with Gasteiger partial charge < -0.3 is 19.9 Å². The van der Waals surface area contributed by atoms with Crippen molar-refractivity contribution in [1.82, 2.24) is 25.1 Å². The number of rotatable bonds is 3. The van der Waals surface area contributed by atoms with Crippen LogP contribution in [0.4, 0.5) is 0 Å². The van der Waals surface area contributed by atoms with Gasteiger partial charge in [-0.2, -0.15) is 0 Å². The Morgan fingerprint density at radius 3 is 2.65 bits per heavy atom. The maximum Gasteiger partial charge on any atom is 0.258 e. The second-order valence-corrected chi connectivity index (χ2v) is 7.04. The molecule has 2 saturated heterocycles. The van der Waals surface area contributed by atoms with E-state index in [0.29, 0.717) is 57.2 Å². The van der Waals surface area contributed by atoms with E-state index in [4.69, 9.17) is 4.74 Å². The number of ether oxygens (including phenoxy) is 1. The molecule has 8 heteroatoms. The maximum absolute atomic E-state index is 13.1. The highest BCUT2D eigenvalue weighted by atomic mass is 16.5. The molecule has 3 rings (SSSR count). The molecular formula is C18H27N5O3. The third kappa shape index (κ3) is 3.86. The van der Waals surface area contributed by atoms with Crippen LogP contribution in [0.3, 0.4) is 0 Å². The second-order valence-electron chi connectivity index (χ2n) is 7.04. The molecule has 26 heavy (non-hydrogen) atoms. The Balaban J connectivity index is 1.80. The molecule has 3 heterocycles. The Labute approximate surface area is 153 Å². The maximum atomic E-state index is 13.1. The van der Waals surface area contributed by atoms with Crippen LogP contribution in [0.25, 0.3) is 0 Å². The van der Waals surface area contributed by atoms with Crippen molar-refractivity contribution in [3.05, 3.63) is 23.3 Å². The first-order chi connectivity index (χ1) is 12.5. The van der Waals surface area contributed by atoms with E-state index in [-0.39, 0.29) is 17.7 Å². The molecule has 8 nitrogen and oxygen atoms in total. The standard InChI is InChI=1S/C18H27N5O3/c1-12(2)16-20-10-14(13(3)21-16)17(24)23-5-4-19-11-15(23)18(25)22-6-8-26-9-7-22/h10,12,15,19H,4-9,11H2,1-3H3/t15-/m1/s1. The largest absolute Gasteiger partial charge is 0.378 e. The number of carbonyl (C=O) groups is 2. The van der Waals surface area contributed by atoms with E-state index >= 15 is 0 Å². The zero-order valence-electron chi connectivity index (χ0n) is 15.7. The summed E-state index contributed by atoms with van der Waals surface area (Å²) in [5.41, 5.74) is 1.13. The summed E-state index contributed by atoms with van der Waals surface area (Å²) in [7, 11) is 0. The van der Waals surface area contributed by atoms with Gasteiger partial charge >= 0.3 is 0 Å². The van der Waals surface area contributed by atoms with E-state index < -0.39 is 6.04 Å². The van der Waals surface area contributed by atoms with E-state index in [1.165, 1.54) is 0 Å². The van der Waals surface area contributed by atoms with Crippen LogP contribution < -0.4 is 5.32 Å². The summed E-state index contributed by atoms with van der Waals surface area (Å²) in [5, 5.41) is 3.23. The van der Waals surface area contributed by atoms with Gasteiger partial charge in [0.15, 0.2) is 0 Å². The van der Waals surface area contributed by atoms with Crippen molar-refractivity contribution in [3.63, 3.8) is 0 Å². The van der Waals surface area contributed by atoms with Crippen LogP contribution >= 0.6 is 0 Å². The highest BCUT2D eigenvalue weighted by Crippen LogP contribution is 2.17. The van der Waals surface area contributed by atoms with Crippen LogP contribution in [0.15, 0.2) is 6.20 Å². The molecule has 2 amide bonds. The number of hydrogen-bond donors (Lipinski definition) is 1. The van der Waals surface area contributed by atoms with E-state index in [2.05, 4.69) is 15.3 Å². The van der Waals surface area contributed by atoms with Gasteiger partial charge in [-0.1, -0.05) is 13.8 Å². The molecule has 1 aromatic rings. The Morgan fingerprint density at radius 1 is 1.27 bits per heavy atom. The number of amides is 2. The Kier molecular flexibility index (Phi) is 5.83. The Bertz CT molecular complexity index is 673. The molecule has 0 saturated carbocycles. The van der Waals surface area contributed by atoms with Crippen LogP contribution in [0.5, 0.6) is 0 Å². The number of piperazine rings is 1.